The molecule has 1 aliphatic rings. The SMILES string of the molecule is O=C(c1ccc(F)cc1)N1CC1. The smallest absolute Gasteiger partial charge is 0.253 e. The number of amides is 1. The van der Waals surface area contributed by atoms with Gasteiger partial charge in [-0.3, -0.25) is 4.79 Å². The molecule has 0 radical (unpaired) electrons. The Kier molecular flexibility index (Phi) is 1.57. The first-order valence-corrected chi connectivity index (χ1v) is 3.82. The molecule has 0 atom stereocenters. The molecule has 1 aromatic rings. The van der Waals surface area contributed by atoms with E-state index in [4.69, 9.17) is 0 Å². The van der Waals surface area contributed by atoms with Crippen molar-refractivity contribution in [3.8, 4) is 0 Å². The molecule has 62 valence electrons. The van der Waals surface area contributed by atoms with Crippen LogP contribution in [0.4, 0.5) is 4.39 Å². The number of carbonyl (C=O) groups is 1. The monoisotopic (exact) mass is 165 g/mol. The molecule has 0 spiro atoms. The second-order valence-electron chi connectivity index (χ2n) is 2.80. The van der Waals surface area contributed by atoms with Crippen LogP contribution in [0.2, 0.25) is 0 Å². The van der Waals surface area contributed by atoms with Gasteiger partial charge in [-0.1, -0.05) is 0 Å². The van der Waals surface area contributed by atoms with Gasteiger partial charge in [-0.05, 0) is 24.3 Å². The van der Waals surface area contributed by atoms with Crippen molar-refractivity contribution in [2.24, 2.45) is 0 Å². The summed E-state index contributed by atoms with van der Waals surface area (Å²) >= 11 is 0. The number of rotatable bonds is 1. The summed E-state index contributed by atoms with van der Waals surface area (Å²) < 4.78 is 12.4. The summed E-state index contributed by atoms with van der Waals surface area (Å²) in [5, 5.41) is 0. The molecule has 0 aliphatic carbocycles. The Labute approximate surface area is 69.6 Å². The van der Waals surface area contributed by atoms with E-state index in [0.717, 1.165) is 13.1 Å². The van der Waals surface area contributed by atoms with Gasteiger partial charge >= 0.3 is 0 Å². The normalized spacial score (nSPS) is 14.6. The minimum Gasteiger partial charge on any atom is -0.335 e. The number of hydrogen-bond donors (Lipinski definition) is 0. The third-order valence-corrected chi connectivity index (χ3v) is 1.83. The van der Waals surface area contributed by atoms with Gasteiger partial charge in [0.05, 0.1) is 0 Å². The lowest BCUT2D eigenvalue weighted by Gasteiger charge is -1.99. The van der Waals surface area contributed by atoms with E-state index in [9.17, 15) is 9.18 Å². The van der Waals surface area contributed by atoms with E-state index in [-0.39, 0.29) is 11.7 Å². The van der Waals surface area contributed by atoms with Crippen molar-refractivity contribution in [1.82, 2.24) is 4.90 Å². The van der Waals surface area contributed by atoms with Gasteiger partial charge in [0.15, 0.2) is 0 Å². The van der Waals surface area contributed by atoms with Crippen LogP contribution in [0, 0.1) is 5.82 Å². The molecule has 1 fully saturated rings. The molecule has 12 heavy (non-hydrogen) atoms. The van der Waals surface area contributed by atoms with E-state index >= 15 is 0 Å². The zero-order valence-electron chi connectivity index (χ0n) is 6.46. The average molecular weight is 165 g/mol. The molecule has 0 saturated carbocycles. The van der Waals surface area contributed by atoms with Crippen molar-refractivity contribution in [3.63, 3.8) is 0 Å². The molecule has 0 unspecified atom stereocenters. The molecule has 1 aromatic carbocycles. The molecular formula is C9H8FNO. The number of halogens is 1. The highest BCUT2D eigenvalue weighted by Crippen LogP contribution is 2.12. The van der Waals surface area contributed by atoms with Gasteiger partial charge in [-0.2, -0.15) is 0 Å². The standard InChI is InChI=1S/C9H8FNO/c10-8-3-1-7(2-4-8)9(12)11-5-6-11/h1-4H,5-6H2. The Balaban J connectivity index is 2.22. The highest BCUT2D eigenvalue weighted by atomic mass is 19.1. The minimum absolute atomic E-state index is 0.00463. The van der Waals surface area contributed by atoms with E-state index in [1.54, 1.807) is 4.90 Å². The van der Waals surface area contributed by atoms with Crippen LogP contribution in [0.15, 0.2) is 24.3 Å². The second kappa shape index (κ2) is 2.59. The predicted molar refractivity (Wildman–Crippen MR) is 42.3 cm³/mol. The fourth-order valence-electron chi connectivity index (χ4n) is 1.03. The fraction of sp³-hybridized carbons (Fsp3) is 0.222. The van der Waals surface area contributed by atoms with E-state index in [2.05, 4.69) is 0 Å². The quantitative estimate of drug-likeness (QED) is 0.574. The summed E-state index contributed by atoms with van der Waals surface area (Å²) in [4.78, 5) is 13.0. The Morgan fingerprint density at radius 3 is 2.33 bits per heavy atom. The van der Waals surface area contributed by atoms with Gasteiger partial charge in [0, 0.05) is 18.7 Å². The highest BCUT2D eigenvalue weighted by molar-refractivity contribution is 5.95. The first-order valence-electron chi connectivity index (χ1n) is 3.82. The van der Waals surface area contributed by atoms with E-state index in [0.29, 0.717) is 5.56 Å². The van der Waals surface area contributed by atoms with Crippen LogP contribution < -0.4 is 0 Å². The van der Waals surface area contributed by atoms with Gasteiger partial charge in [0.2, 0.25) is 0 Å². The van der Waals surface area contributed by atoms with E-state index < -0.39 is 0 Å². The van der Waals surface area contributed by atoms with Crippen LogP contribution in [0.1, 0.15) is 10.4 Å². The largest absolute Gasteiger partial charge is 0.335 e. The second-order valence-corrected chi connectivity index (χ2v) is 2.80. The Hall–Kier alpha value is -1.38. The molecule has 2 rings (SSSR count). The topological polar surface area (TPSA) is 20.1 Å². The van der Waals surface area contributed by atoms with Gasteiger partial charge in [-0.25, -0.2) is 4.39 Å². The van der Waals surface area contributed by atoms with Crippen LogP contribution in [0.5, 0.6) is 0 Å². The van der Waals surface area contributed by atoms with Gasteiger partial charge in [0.1, 0.15) is 5.82 Å². The van der Waals surface area contributed by atoms with Crippen LogP contribution in [0.3, 0.4) is 0 Å². The van der Waals surface area contributed by atoms with Gasteiger partial charge in [-0.15, -0.1) is 0 Å². The van der Waals surface area contributed by atoms with Crippen LogP contribution in [-0.4, -0.2) is 23.9 Å². The number of benzene rings is 1. The summed E-state index contributed by atoms with van der Waals surface area (Å²) in [5.41, 5.74) is 0.564. The molecule has 1 saturated heterocycles. The molecule has 1 aliphatic heterocycles. The lowest BCUT2D eigenvalue weighted by atomic mass is 10.2. The van der Waals surface area contributed by atoms with Crippen LogP contribution in [0.25, 0.3) is 0 Å². The maximum absolute atomic E-state index is 12.4. The third kappa shape index (κ3) is 1.30. The van der Waals surface area contributed by atoms with Crippen molar-refractivity contribution in [1.29, 1.82) is 0 Å². The lowest BCUT2D eigenvalue weighted by Crippen LogP contribution is -2.09. The molecule has 3 heteroatoms. The van der Waals surface area contributed by atoms with Crippen molar-refractivity contribution < 1.29 is 9.18 Å². The summed E-state index contributed by atoms with van der Waals surface area (Å²) in [7, 11) is 0. The van der Waals surface area contributed by atoms with E-state index in [1.807, 2.05) is 0 Å². The number of hydrogen-bond acceptors (Lipinski definition) is 1. The predicted octanol–water partition coefficient (Wildman–Crippen LogP) is 1.28. The summed E-state index contributed by atoms with van der Waals surface area (Å²) in [6.07, 6.45) is 0. The minimum atomic E-state index is -0.308. The summed E-state index contributed by atoms with van der Waals surface area (Å²) in [5.74, 6) is -0.313. The maximum atomic E-state index is 12.4. The Morgan fingerprint density at radius 1 is 1.25 bits per heavy atom. The van der Waals surface area contributed by atoms with Crippen molar-refractivity contribution in [2.45, 2.75) is 0 Å². The maximum Gasteiger partial charge on any atom is 0.253 e. The molecule has 0 bridgehead atoms. The Bertz CT molecular complexity index is 303. The summed E-state index contributed by atoms with van der Waals surface area (Å²) in [6.45, 7) is 1.66. The zero-order valence-corrected chi connectivity index (χ0v) is 6.46. The van der Waals surface area contributed by atoms with Gasteiger partial charge in [0.25, 0.3) is 5.91 Å². The molecule has 0 aromatic heterocycles. The Morgan fingerprint density at radius 2 is 1.83 bits per heavy atom. The van der Waals surface area contributed by atoms with Crippen molar-refractivity contribution in [3.05, 3.63) is 35.6 Å². The fourth-order valence-corrected chi connectivity index (χ4v) is 1.03. The molecule has 0 N–H and O–H groups in total. The van der Waals surface area contributed by atoms with Crippen LogP contribution >= 0.6 is 0 Å². The highest BCUT2D eigenvalue weighted by Gasteiger charge is 2.24. The zero-order chi connectivity index (χ0) is 8.55. The first kappa shape index (κ1) is 7.28. The van der Waals surface area contributed by atoms with Crippen LogP contribution in [-0.2, 0) is 0 Å². The lowest BCUT2D eigenvalue weighted by molar-refractivity contribution is 0.0885. The molecular weight excluding hydrogens is 157 g/mol. The number of carbonyl (C=O) groups excluding carboxylic acids is 1. The van der Waals surface area contributed by atoms with Crippen molar-refractivity contribution >= 4 is 5.91 Å². The van der Waals surface area contributed by atoms with Gasteiger partial charge < -0.3 is 4.90 Å². The third-order valence-electron chi connectivity index (χ3n) is 1.83. The van der Waals surface area contributed by atoms with E-state index in [1.165, 1.54) is 24.3 Å². The molecule has 1 amide bonds. The summed E-state index contributed by atoms with van der Waals surface area (Å²) in [6, 6.07) is 5.62. The molecule has 2 nitrogen and oxygen atoms in total. The number of nitrogens with zero attached hydrogens (tertiary/aromatic N) is 1. The van der Waals surface area contributed by atoms with Crippen molar-refractivity contribution in [2.75, 3.05) is 13.1 Å². The molecule has 1 heterocycles. The first-order chi connectivity index (χ1) is 5.77. The average Bonchev–Trinajstić information content (AvgIpc) is 2.87.